The van der Waals surface area contributed by atoms with Gasteiger partial charge in [-0.15, -0.1) is 0 Å². The van der Waals surface area contributed by atoms with Crippen molar-refractivity contribution in [1.29, 1.82) is 0 Å². The summed E-state index contributed by atoms with van der Waals surface area (Å²) >= 11 is 0. The van der Waals surface area contributed by atoms with E-state index in [0.29, 0.717) is 13.0 Å². The zero-order chi connectivity index (χ0) is 21.7. The molecule has 0 radical (unpaired) electrons. The van der Waals surface area contributed by atoms with Crippen molar-refractivity contribution in [2.75, 3.05) is 6.61 Å². The van der Waals surface area contributed by atoms with E-state index in [1.54, 1.807) is 0 Å². The van der Waals surface area contributed by atoms with Crippen molar-refractivity contribution >= 4 is 11.7 Å². The second-order valence-electron chi connectivity index (χ2n) is 11.4. The molecule has 1 amide bonds. The molecule has 0 spiro atoms. The number of ketones is 1. The molecule has 27 heavy (non-hydrogen) atoms. The fraction of sp³-hybridized carbons (Fsp3) is 0.913. The summed E-state index contributed by atoms with van der Waals surface area (Å²) in [5, 5.41) is 3.20. The first-order valence-electron chi connectivity index (χ1n) is 10.4. The lowest BCUT2D eigenvalue weighted by Gasteiger charge is -2.36. The molecule has 0 aliphatic carbocycles. The number of rotatable bonds is 11. The van der Waals surface area contributed by atoms with Crippen molar-refractivity contribution < 1.29 is 14.3 Å². The Morgan fingerprint density at radius 3 is 1.85 bits per heavy atom. The maximum absolute atomic E-state index is 12.8. The number of hydrogen-bond donors (Lipinski definition) is 1. The molecular formula is C23H45NO3. The minimum Gasteiger partial charge on any atom is -0.375 e. The Labute approximate surface area is 168 Å². The van der Waals surface area contributed by atoms with Gasteiger partial charge in [0.05, 0.1) is 5.60 Å². The quantitative estimate of drug-likeness (QED) is 0.510. The van der Waals surface area contributed by atoms with Crippen molar-refractivity contribution in [1.82, 2.24) is 5.32 Å². The van der Waals surface area contributed by atoms with Crippen molar-refractivity contribution in [3.63, 3.8) is 0 Å². The number of hydrogen-bond acceptors (Lipinski definition) is 3. The van der Waals surface area contributed by atoms with Gasteiger partial charge in [-0.05, 0) is 52.4 Å². The molecule has 0 aliphatic heterocycles. The topological polar surface area (TPSA) is 55.4 Å². The van der Waals surface area contributed by atoms with Gasteiger partial charge in [0.2, 0.25) is 5.91 Å². The van der Waals surface area contributed by atoms with Crippen LogP contribution in [0.3, 0.4) is 0 Å². The zero-order valence-electron chi connectivity index (χ0n) is 19.8. The average molecular weight is 384 g/mol. The predicted octanol–water partition coefficient (Wildman–Crippen LogP) is 5.53. The first-order chi connectivity index (χ1) is 11.9. The van der Waals surface area contributed by atoms with Gasteiger partial charge in [-0.25, -0.2) is 0 Å². The largest absolute Gasteiger partial charge is 0.375 e. The second-order valence-corrected chi connectivity index (χ2v) is 11.4. The Balaban J connectivity index is 4.55. The third-order valence-corrected chi connectivity index (χ3v) is 4.88. The van der Waals surface area contributed by atoms with Crippen LogP contribution in [0.5, 0.6) is 0 Å². The molecule has 0 bridgehead atoms. The minimum atomic E-state index is -0.410. The van der Waals surface area contributed by atoms with E-state index in [9.17, 15) is 9.59 Å². The van der Waals surface area contributed by atoms with Crippen LogP contribution in [0.4, 0.5) is 0 Å². The molecule has 0 rings (SSSR count). The van der Waals surface area contributed by atoms with Crippen LogP contribution in [-0.2, 0) is 14.3 Å². The molecule has 0 fully saturated rings. The van der Waals surface area contributed by atoms with Crippen LogP contribution in [0.2, 0.25) is 0 Å². The van der Waals surface area contributed by atoms with E-state index in [4.69, 9.17) is 4.74 Å². The van der Waals surface area contributed by atoms with E-state index in [-0.39, 0.29) is 34.2 Å². The fourth-order valence-electron chi connectivity index (χ4n) is 3.31. The van der Waals surface area contributed by atoms with Crippen LogP contribution in [0, 0.1) is 16.7 Å². The highest BCUT2D eigenvalue weighted by Gasteiger charge is 2.35. The molecule has 0 aromatic heterocycles. The summed E-state index contributed by atoms with van der Waals surface area (Å²) < 4.78 is 6.04. The van der Waals surface area contributed by atoms with Crippen LogP contribution in [0.25, 0.3) is 0 Å². The number of nitrogens with one attached hydrogen (secondary N) is 1. The summed E-state index contributed by atoms with van der Waals surface area (Å²) in [6, 6.07) is 0. The second kappa shape index (κ2) is 9.54. The third kappa shape index (κ3) is 11.5. The molecule has 4 heteroatoms. The van der Waals surface area contributed by atoms with Gasteiger partial charge in [-0.1, -0.05) is 48.5 Å². The Bertz CT molecular complexity index is 496. The number of ether oxygens (including phenoxy) is 1. The normalized spacial score (nSPS) is 13.8. The molecule has 0 atom stereocenters. The van der Waals surface area contributed by atoms with Gasteiger partial charge in [-0.2, -0.15) is 0 Å². The standard InChI is InChI=1S/C23H45NO3/c1-17(2)18(25)12-13-23(10,11)27-15-14-22(8,9)24-19(26)21(6,7)16-20(3,4)5/h17H,12-16H2,1-11H3,(H,24,26). The molecule has 0 saturated carbocycles. The molecule has 0 aliphatic rings. The number of carbonyl (C=O) groups is 2. The summed E-state index contributed by atoms with van der Waals surface area (Å²) in [6.07, 6.45) is 2.82. The van der Waals surface area contributed by atoms with E-state index in [1.165, 1.54) is 0 Å². The Hall–Kier alpha value is -0.900. The smallest absolute Gasteiger partial charge is 0.226 e. The van der Waals surface area contributed by atoms with Gasteiger partial charge < -0.3 is 10.1 Å². The Morgan fingerprint density at radius 2 is 1.41 bits per heavy atom. The highest BCUT2D eigenvalue weighted by atomic mass is 16.5. The molecule has 4 nitrogen and oxygen atoms in total. The summed E-state index contributed by atoms with van der Waals surface area (Å²) in [6.45, 7) is 23.0. The molecule has 1 N–H and O–H groups in total. The molecule has 0 heterocycles. The van der Waals surface area contributed by atoms with E-state index in [0.717, 1.165) is 19.3 Å². The van der Waals surface area contributed by atoms with Crippen LogP contribution < -0.4 is 5.32 Å². The highest BCUT2D eigenvalue weighted by Crippen LogP contribution is 2.34. The van der Waals surface area contributed by atoms with Crippen molar-refractivity contribution in [2.24, 2.45) is 16.7 Å². The zero-order valence-corrected chi connectivity index (χ0v) is 19.8. The minimum absolute atomic E-state index is 0.0754. The van der Waals surface area contributed by atoms with Gasteiger partial charge in [0.15, 0.2) is 0 Å². The van der Waals surface area contributed by atoms with E-state index in [1.807, 2.05) is 55.4 Å². The lowest BCUT2D eigenvalue weighted by molar-refractivity contribution is -0.133. The van der Waals surface area contributed by atoms with Crippen LogP contribution >= 0.6 is 0 Å². The molecule has 160 valence electrons. The summed E-state index contributed by atoms with van der Waals surface area (Å²) in [5.74, 6) is 0.441. The van der Waals surface area contributed by atoms with Gasteiger partial charge >= 0.3 is 0 Å². The van der Waals surface area contributed by atoms with Gasteiger partial charge in [-0.3, -0.25) is 9.59 Å². The highest BCUT2D eigenvalue weighted by molar-refractivity contribution is 5.82. The first kappa shape index (κ1) is 26.1. The van der Waals surface area contributed by atoms with Gasteiger partial charge in [0, 0.05) is 29.9 Å². The number of amides is 1. The van der Waals surface area contributed by atoms with Crippen molar-refractivity contribution in [3.8, 4) is 0 Å². The first-order valence-corrected chi connectivity index (χ1v) is 10.4. The van der Waals surface area contributed by atoms with Crippen molar-refractivity contribution in [2.45, 2.75) is 113 Å². The molecule has 0 saturated heterocycles. The maximum atomic E-state index is 12.8. The van der Waals surface area contributed by atoms with Crippen LogP contribution in [0.1, 0.15) is 102 Å². The van der Waals surface area contributed by atoms with E-state index < -0.39 is 5.41 Å². The SMILES string of the molecule is CC(C)C(=O)CCC(C)(C)OCCC(C)(C)NC(=O)C(C)(C)CC(C)(C)C. The van der Waals surface area contributed by atoms with E-state index in [2.05, 4.69) is 26.1 Å². The van der Waals surface area contributed by atoms with Crippen molar-refractivity contribution in [3.05, 3.63) is 0 Å². The lowest BCUT2D eigenvalue weighted by atomic mass is 9.75. The van der Waals surface area contributed by atoms with Crippen LogP contribution in [-0.4, -0.2) is 29.4 Å². The Morgan fingerprint density at radius 1 is 0.889 bits per heavy atom. The molecule has 0 aromatic rings. The molecular weight excluding hydrogens is 338 g/mol. The average Bonchev–Trinajstić information content (AvgIpc) is 2.40. The lowest BCUT2D eigenvalue weighted by Crippen LogP contribution is -2.50. The summed E-state index contributed by atoms with van der Waals surface area (Å²) in [4.78, 5) is 24.6. The molecule has 0 aromatic carbocycles. The van der Waals surface area contributed by atoms with Gasteiger partial charge in [0.25, 0.3) is 0 Å². The monoisotopic (exact) mass is 383 g/mol. The van der Waals surface area contributed by atoms with E-state index >= 15 is 0 Å². The number of carbonyl (C=O) groups excluding carboxylic acids is 2. The predicted molar refractivity (Wildman–Crippen MR) is 114 cm³/mol. The number of Topliss-reactive ketones (excluding diaryl/α,β-unsaturated/α-hetero) is 1. The summed E-state index contributed by atoms with van der Waals surface area (Å²) in [7, 11) is 0. The van der Waals surface area contributed by atoms with Gasteiger partial charge in [0.1, 0.15) is 5.78 Å². The third-order valence-electron chi connectivity index (χ3n) is 4.88. The maximum Gasteiger partial charge on any atom is 0.226 e. The summed E-state index contributed by atoms with van der Waals surface area (Å²) in [5.41, 5.74) is -0.982. The Kier molecular flexibility index (Phi) is 9.22. The van der Waals surface area contributed by atoms with Crippen LogP contribution in [0.15, 0.2) is 0 Å². The fourth-order valence-corrected chi connectivity index (χ4v) is 3.31. The molecule has 0 unspecified atom stereocenters.